The summed E-state index contributed by atoms with van der Waals surface area (Å²) in [4.78, 5) is 15.8. The van der Waals surface area contributed by atoms with E-state index in [4.69, 9.17) is 0 Å². The predicted molar refractivity (Wildman–Crippen MR) is 132 cm³/mol. The molecule has 4 atom stereocenters. The molecule has 0 radical (unpaired) electrons. The molecular weight excluding hydrogens is 430 g/mol. The first-order valence-corrected chi connectivity index (χ1v) is 11.5. The van der Waals surface area contributed by atoms with Crippen LogP contribution in [0.5, 0.6) is 0 Å². The van der Waals surface area contributed by atoms with E-state index < -0.39 is 24.0 Å². The van der Waals surface area contributed by atoms with Crippen LogP contribution >= 0.6 is 0 Å². The summed E-state index contributed by atoms with van der Waals surface area (Å²) in [5.74, 6) is 0. The van der Waals surface area contributed by atoms with Crippen LogP contribution < -0.4 is 4.90 Å². The van der Waals surface area contributed by atoms with Gasteiger partial charge in [0.05, 0.1) is 0 Å². The van der Waals surface area contributed by atoms with Gasteiger partial charge >= 0.3 is 0 Å². The van der Waals surface area contributed by atoms with Gasteiger partial charge in [-0.1, -0.05) is 78.9 Å². The number of aldehydes is 1. The number of allylic oxidation sites excluding steroid dienone is 2. The summed E-state index contributed by atoms with van der Waals surface area (Å²) in [5.41, 5.74) is 2.87. The third-order valence-electron chi connectivity index (χ3n) is 6.71. The van der Waals surface area contributed by atoms with Gasteiger partial charge in [-0.2, -0.15) is 0 Å². The van der Waals surface area contributed by atoms with Gasteiger partial charge in [0.2, 0.25) is 0 Å². The first-order valence-electron chi connectivity index (χ1n) is 11.5. The Labute approximate surface area is 198 Å². The Morgan fingerprint density at radius 1 is 0.853 bits per heavy atom. The quantitative estimate of drug-likeness (QED) is 0.417. The van der Waals surface area contributed by atoms with Gasteiger partial charge in [-0.05, 0) is 41.5 Å². The van der Waals surface area contributed by atoms with Crippen molar-refractivity contribution in [3.8, 4) is 0 Å². The van der Waals surface area contributed by atoms with Crippen molar-refractivity contribution in [2.24, 2.45) is 0 Å². The predicted octanol–water partition coefficient (Wildman–Crippen LogP) is 6.12. The Morgan fingerprint density at radius 2 is 1.41 bits per heavy atom. The lowest BCUT2D eigenvalue weighted by molar-refractivity contribution is -0.114. The molecule has 1 saturated heterocycles. The monoisotopic (exact) mass is 456 g/mol. The third kappa shape index (κ3) is 3.86. The topological polar surface area (TPSA) is 23.6 Å². The van der Waals surface area contributed by atoms with Crippen LogP contribution in [0.25, 0.3) is 5.57 Å². The van der Waals surface area contributed by atoms with Crippen LogP contribution in [0.3, 0.4) is 0 Å². The molecule has 3 aromatic carbocycles. The molecule has 0 aromatic heterocycles. The van der Waals surface area contributed by atoms with Crippen molar-refractivity contribution in [2.45, 2.75) is 30.5 Å². The van der Waals surface area contributed by atoms with Gasteiger partial charge in [-0.25, -0.2) is 8.78 Å². The van der Waals surface area contributed by atoms with Crippen molar-refractivity contribution >= 4 is 23.2 Å². The molecule has 0 bridgehead atoms. The molecule has 1 aliphatic carbocycles. The van der Waals surface area contributed by atoms with E-state index in [2.05, 4.69) is 11.0 Å². The van der Waals surface area contributed by atoms with Gasteiger partial charge in [0.25, 0.3) is 0 Å². The maximum Gasteiger partial charge on any atom is 0.155 e. The summed E-state index contributed by atoms with van der Waals surface area (Å²) in [5, 5.41) is 0. The van der Waals surface area contributed by atoms with E-state index in [0.717, 1.165) is 22.5 Å². The number of hydrogen-bond acceptors (Lipinski definition) is 3. The number of para-hydroxylation sites is 2. The summed E-state index contributed by atoms with van der Waals surface area (Å²) in [6.07, 6.45) is 3.49. The maximum atomic E-state index is 14.9. The second kappa shape index (κ2) is 9.35. The van der Waals surface area contributed by atoms with Gasteiger partial charge in [0.15, 0.2) is 6.17 Å². The minimum atomic E-state index is -1.87. The lowest BCUT2D eigenvalue weighted by atomic mass is 9.88. The van der Waals surface area contributed by atoms with Crippen molar-refractivity contribution in [2.75, 3.05) is 11.4 Å². The van der Waals surface area contributed by atoms with Crippen molar-refractivity contribution in [3.05, 3.63) is 115 Å². The zero-order valence-electron chi connectivity index (χ0n) is 18.7. The fourth-order valence-corrected chi connectivity index (χ4v) is 5.08. The van der Waals surface area contributed by atoms with Crippen molar-refractivity contribution in [1.82, 2.24) is 4.90 Å². The standard InChI is InChI=1S/C29H26F2N2O/c30-26-20-32(27(21-34)28(26)31)29(18-16-23(17-19-29)22-10-4-1-5-11-22)33(24-12-6-2-7-13-24)25-14-8-3-9-15-25/h1-18,21,26-28H,19-20H2. The number of anilines is 2. The molecule has 5 heteroatoms. The number of likely N-dealkylation sites (tertiary alicyclic amines) is 1. The summed E-state index contributed by atoms with van der Waals surface area (Å²) >= 11 is 0. The summed E-state index contributed by atoms with van der Waals surface area (Å²) in [7, 11) is 0. The van der Waals surface area contributed by atoms with Crippen LogP contribution in [0, 0.1) is 0 Å². The minimum absolute atomic E-state index is 0.167. The van der Waals surface area contributed by atoms with Crippen LogP contribution in [0.1, 0.15) is 12.0 Å². The first-order chi connectivity index (χ1) is 16.6. The van der Waals surface area contributed by atoms with Crippen LogP contribution in [-0.4, -0.2) is 41.8 Å². The number of carbonyl (C=O) groups is 1. The molecule has 5 rings (SSSR count). The second-order valence-electron chi connectivity index (χ2n) is 8.69. The second-order valence-corrected chi connectivity index (χ2v) is 8.69. The van der Waals surface area contributed by atoms with E-state index in [1.165, 1.54) is 0 Å². The molecule has 172 valence electrons. The van der Waals surface area contributed by atoms with Gasteiger partial charge in [-0.15, -0.1) is 0 Å². The van der Waals surface area contributed by atoms with Gasteiger partial charge in [0.1, 0.15) is 24.2 Å². The zero-order chi connectivity index (χ0) is 23.5. The van der Waals surface area contributed by atoms with Crippen LogP contribution in [0.4, 0.5) is 20.2 Å². The number of nitrogens with zero attached hydrogens (tertiary/aromatic N) is 2. The number of alkyl halides is 2. The number of rotatable bonds is 6. The van der Waals surface area contributed by atoms with E-state index in [9.17, 15) is 13.6 Å². The molecule has 1 fully saturated rings. The lowest BCUT2D eigenvalue weighted by Gasteiger charge is -2.51. The Kier molecular flexibility index (Phi) is 6.12. The Bertz CT molecular complexity index is 1140. The lowest BCUT2D eigenvalue weighted by Crippen LogP contribution is -2.61. The molecule has 0 amide bonds. The average molecular weight is 457 g/mol. The van der Waals surface area contributed by atoms with Gasteiger partial charge < -0.3 is 9.69 Å². The molecular formula is C29H26F2N2O. The van der Waals surface area contributed by atoms with E-state index in [-0.39, 0.29) is 6.54 Å². The summed E-state index contributed by atoms with van der Waals surface area (Å²) in [6, 6.07) is 28.4. The van der Waals surface area contributed by atoms with E-state index in [1.807, 2.05) is 103 Å². The fourth-order valence-electron chi connectivity index (χ4n) is 5.08. The Morgan fingerprint density at radius 3 is 1.91 bits per heavy atom. The molecule has 0 N–H and O–H groups in total. The van der Waals surface area contributed by atoms with Gasteiger partial charge in [0, 0.05) is 24.3 Å². The van der Waals surface area contributed by atoms with Crippen LogP contribution in [-0.2, 0) is 4.79 Å². The SMILES string of the molecule is O=CC1C(F)C(F)CN1C1(N(c2ccccc2)c2ccccc2)C=CC(c2ccccc2)=CC1. The smallest absolute Gasteiger partial charge is 0.155 e. The number of carbonyl (C=O) groups excluding carboxylic acids is 1. The maximum absolute atomic E-state index is 14.9. The highest BCUT2D eigenvalue weighted by Gasteiger charge is 2.53. The average Bonchev–Trinajstić information content (AvgIpc) is 3.20. The number of hydrogen-bond donors (Lipinski definition) is 0. The Hall–Kier alpha value is -3.57. The van der Waals surface area contributed by atoms with Gasteiger partial charge in [-0.3, -0.25) is 4.90 Å². The first kappa shape index (κ1) is 22.2. The van der Waals surface area contributed by atoms with E-state index >= 15 is 0 Å². The summed E-state index contributed by atoms with van der Waals surface area (Å²) in [6.45, 7) is -0.167. The molecule has 34 heavy (non-hydrogen) atoms. The number of benzene rings is 3. The fraction of sp³-hybridized carbons (Fsp3) is 0.207. The van der Waals surface area contributed by atoms with Crippen LogP contribution in [0.15, 0.2) is 109 Å². The highest BCUT2D eigenvalue weighted by Crippen LogP contribution is 2.45. The highest BCUT2D eigenvalue weighted by atomic mass is 19.2. The highest BCUT2D eigenvalue weighted by molar-refractivity contribution is 5.78. The molecule has 2 aliphatic rings. The van der Waals surface area contributed by atoms with Crippen molar-refractivity contribution in [3.63, 3.8) is 0 Å². The van der Waals surface area contributed by atoms with E-state index in [1.54, 1.807) is 4.90 Å². The normalized spacial score (nSPS) is 26.8. The largest absolute Gasteiger partial charge is 0.319 e. The molecule has 0 spiro atoms. The van der Waals surface area contributed by atoms with Crippen LogP contribution in [0.2, 0.25) is 0 Å². The molecule has 3 nitrogen and oxygen atoms in total. The Balaban J connectivity index is 1.68. The van der Waals surface area contributed by atoms with Crippen molar-refractivity contribution < 1.29 is 13.6 Å². The molecule has 3 aromatic rings. The molecule has 1 heterocycles. The zero-order valence-corrected chi connectivity index (χ0v) is 18.7. The minimum Gasteiger partial charge on any atom is -0.319 e. The molecule has 1 aliphatic heterocycles. The molecule has 4 unspecified atom stereocenters. The summed E-state index contributed by atoms with van der Waals surface area (Å²) < 4.78 is 29.6. The van der Waals surface area contributed by atoms with Crippen molar-refractivity contribution in [1.29, 1.82) is 0 Å². The number of halogens is 2. The third-order valence-corrected chi connectivity index (χ3v) is 6.71. The van der Waals surface area contributed by atoms with E-state index in [0.29, 0.717) is 12.7 Å². The molecule has 0 saturated carbocycles.